The molecule has 0 heterocycles. The molecule has 0 aromatic heterocycles. The maximum absolute atomic E-state index is 13.5. The van der Waals surface area contributed by atoms with E-state index in [-0.39, 0.29) is 11.9 Å². The lowest BCUT2D eigenvalue weighted by molar-refractivity contribution is 0.385. The van der Waals surface area contributed by atoms with Gasteiger partial charge in [-0.15, -0.1) is 0 Å². The van der Waals surface area contributed by atoms with Crippen LogP contribution >= 0.6 is 11.6 Å². The molecular formula is C16H19ClFN. The number of rotatable bonds is 3. The fraction of sp³-hybridized carbons (Fsp3) is 0.625. The molecule has 3 aliphatic carbocycles. The predicted molar refractivity (Wildman–Crippen MR) is 74.5 cm³/mol. The molecule has 3 aliphatic rings. The largest absolute Gasteiger partial charge is 0.313 e. The molecule has 19 heavy (non-hydrogen) atoms. The van der Waals surface area contributed by atoms with E-state index in [0.717, 1.165) is 29.2 Å². The molecule has 5 atom stereocenters. The highest BCUT2D eigenvalue weighted by Gasteiger charge is 2.66. The Morgan fingerprint density at radius 1 is 1.26 bits per heavy atom. The molecule has 2 bridgehead atoms. The van der Waals surface area contributed by atoms with Crippen molar-refractivity contribution in [3.63, 3.8) is 0 Å². The summed E-state index contributed by atoms with van der Waals surface area (Å²) < 4.78 is 13.5. The molecular weight excluding hydrogens is 261 g/mol. The van der Waals surface area contributed by atoms with Gasteiger partial charge in [0.05, 0.1) is 0 Å². The molecule has 0 aliphatic heterocycles. The van der Waals surface area contributed by atoms with E-state index in [2.05, 4.69) is 5.32 Å². The summed E-state index contributed by atoms with van der Waals surface area (Å²) in [5, 5.41) is 4.09. The van der Waals surface area contributed by atoms with Gasteiger partial charge in [-0.2, -0.15) is 0 Å². The van der Waals surface area contributed by atoms with Gasteiger partial charge >= 0.3 is 0 Å². The molecule has 5 unspecified atom stereocenters. The van der Waals surface area contributed by atoms with E-state index in [0.29, 0.717) is 10.9 Å². The van der Waals surface area contributed by atoms with Gasteiger partial charge < -0.3 is 5.32 Å². The summed E-state index contributed by atoms with van der Waals surface area (Å²) >= 11 is 6.28. The van der Waals surface area contributed by atoms with Crippen molar-refractivity contribution in [2.24, 2.45) is 29.6 Å². The van der Waals surface area contributed by atoms with E-state index in [1.807, 2.05) is 7.05 Å². The third-order valence-electron chi connectivity index (χ3n) is 5.78. The van der Waals surface area contributed by atoms with Crippen molar-refractivity contribution in [3.05, 3.63) is 34.6 Å². The van der Waals surface area contributed by atoms with Crippen LogP contribution in [-0.4, -0.2) is 7.05 Å². The number of benzene rings is 1. The van der Waals surface area contributed by atoms with Gasteiger partial charge in [0.1, 0.15) is 5.82 Å². The van der Waals surface area contributed by atoms with E-state index in [1.165, 1.54) is 25.3 Å². The summed E-state index contributed by atoms with van der Waals surface area (Å²) in [5.74, 6) is 4.10. The van der Waals surface area contributed by atoms with Crippen LogP contribution in [0.3, 0.4) is 0 Å². The Kier molecular flexibility index (Phi) is 2.69. The lowest BCUT2D eigenvalue weighted by Gasteiger charge is -2.21. The first-order chi connectivity index (χ1) is 9.20. The van der Waals surface area contributed by atoms with Gasteiger partial charge in [-0.1, -0.05) is 11.6 Å². The van der Waals surface area contributed by atoms with Gasteiger partial charge in [-0.3, -0.25) is 0 Å². The predicted octanol–water partition coefficient (Wildman–Crippen LogP) is 4.03. The van der Waals surface area contributed by atoms with Crippen LogP contribution in [0.5, 0.6) is 0 Å². The first kappa shape index (κ1) is 12.2. The average molecular weight is 280 g/mol. The highest BCUT2D eigenvalue weighted by atomic mass is 35.5. The molecule has 3 heteroatoms. The summed E-state index contributed by atoms with van der Waals surface area (Å²) in [6, 6.07) is 4.96. The zero-order valence-corrected chi connectivity index (χ0v) is 11.8. The monoisotopic (exact) mass is 279 g/mol. The summed E-state index contributed by atoms with van der Waals surface area (Å²) in [7, 11) is 1.97. The second-order valence-electron chi connectivity index (χ2n) is 6.50. The topological polar surface area (TPSA) is 12.0 Å². The molecule has 1 nitrogen and oxygen atoms in total. The van der Waals surface area contributed by atoms with E-state index in [4.69, 9.17) is 11.6 Å². The second-order valence-corrected chi connectivity index (χ2v) is 6.90. The Morgan fingerprint density at radius 2 is 1.95 bits per heavy atom. The Morgan fingerprint density at radius 3 is 2.58 bits per heavy atom. The quantitative estimate of drug-likeness (QED) is 0.881. The molecule has 3 saturated carbocycles. The lowest BCUT2D eigenvalue weighted by atomic mass is 9.93. The molecule has 1 N–H and O–H groups in total. The number of fused-ring (bicyclic) bond motifs is 5. The standard InChI is InChI=1S/C16H19ClFN/c1-19-16(11-7-10(18)4-5-12(11)17)15-13-8-2-3-9(6-8)14(13)15/h4-5,7-9,13-16,19H,2-3,6H2,1H3. The first-order valence-corrected chi connectivity index (χ1v) is 7.70. The van der Waals surface area contributed by atoms with Gasteiger partial charge in [0.2, 0.25) is 0 Å². The number of nitrogens with one attached hydrogen (secondary N) is 1. The average Bonchev–Trinajstić information content (AvgIpc) is 2.82. The molecule has 1 aromatic carbocycles. The second kappa shape index (κ2) is 4.20. The Balaban J connectivity index is 1.64. The third kappa shape index (κ3) is 1.69. The van der Waals surface area contributed by atoms with Crippen LogP contribution in [0.2, 0.25) is 5.02 Å². The SMILES string of the molecule is CNC(c1cc(F)ccc1Cl)C1C2C3CCC(C3)C21. The number of halogens is 2. The summed E-state index contributed by atoms with van der Waals surface area (Å²) in [4.78, 5) is 0. The van der Waals surface area contributed by atoms with Crippen molar-refractivity contribution in [2.75, 3.05) is 7.05 Å². The zero-order chi connectivity index (χ0) is 13.1. The Labute approximate surface area is 118 Å². The summed E-state index contributed by atoms with van der Waals surface area (Å²) in [6.45, 7) is 0. The highest BCUT2D eigenvalue weighted by molar-refractivity contribution is 6.31. The van der Waals surface area contributed by atoms with Crippen molar-refractivity contribution in [1.82, 2.24) is 5.32 Å². The van der Waals surface area contributed by atoms with E-state index >= 15 is 0 Å². The van der Waals surface area contributed by atoms with E-state index < -0.39 is 0 Å². The van der Waals surface area contributed by atoms with Crippen molar-refractivity contribution in [3.8, 4) is 0 Å². The number of hydrogen-bond donors (Lipinski definition) is 1. The van der Waals surface area contributed by atoms with Crippen molar-refractivity contribution >= 4 is 11.6 Å². The molecule has 4 rings (SSSR count). The maximum atomic E-state index is 13.5. The minimum atomic E-state index is -0.187. The zero-order valence-electron chi connectivity index (χ0n) is 11.1. The van der Waals surface area contributed by atoms with Gasteiger partial charge in [0.25, 0.3) is 0 Å². The van der Waals surface area contributed by atoms with Crippen LogP contribution in [0.4, 0.5) is 4.39 Å². The van der Waals surface area contributed by atoms with Crippen LogP contribution in [0.15, 0.2) is 18.2 Å². The minimum absolute atomic E-state index is 0.187. The van der Waals surface area contributed by atoms with Crippen LogP contribution < -0.4 is 5.32 Å². The molecule has 0 saturated heterocycles. The van der Waals surface area contributed by atoms with Crippen LogP contribution in [0.1, 0.15) is 30.9 Å². The van der Waals surface area contributed by atoms with Crippen LogP contribution in [0, 0.1) is 35.4 Å². The normalized spacial score (nSPS) is 40.3. The first-order valence-electron chi connectivity index (χ1n) is 7.33. The molecule has 0 amide bonds. The fourth-order valence-electron chi connectivity index (χ4n) is 5.15. The van der Waals surface area contributed by atoms with E-state index in [1.54, 1.807) is 12.1 Å². The highest BCUT2D eigenvalue weighted by Crippen LogP contribution is 2.72. The van der Waals surface area contributed by atoms with E-state index in [9.17, 15) is 4.39 Å². The molecule has 1 aromatic rings. The molecule has 3 fully saturated rings. The van der Waals surface area contributed by atoms with Crippen molar-refractivity contribution in [2.45, 2.75) is 25.3 Å². The Bertz CT molecular complexity index is 501. The maximum Gasteiger partial charge on any atom is 0.123 e. The van der Waals surface area contributed by atoms with Crippen molar-refractivity contribution < 1.29 is 4.39 Å². The van der Waals surface area contributed by atoms with Crippen molar-refractivity contribution in [1.29, 1.82) is 0 Å². The fourth-order valence-corrected chi connectivity index (χ4v) is 5.38. The van der Waals surface area contributed by atoms with Gasteiger partial charge in [-0.25, -0.2) is 4.39 Å². The molecule has 0 radical (unpaired) electrons. The smallest absolute Gasteiger partial charge is 0.123 e. The molecule has 0 spiro atoms. The van der Waals surface area contributed by atoms with Gasteiger partial charge in [-0.05, 0) is 79.7 Å². The van der Waals surface area contributed by atoms with Crippen LogP contribution in [0.25, 0.3) is 0 Å². The summed E-state index contributed by atoms with van der Waals surface area (Å²) in [5.41, 5.74) is 0.947. The van der Waals surface area contributed by atoms with Crippen LogP contribution in [-0.2, 0) is 0 Å². The Hall–Kier alpha value is -0.600. The minimum Gasteiger partial charge on any atom is -0.313 e. The van der Waals surface area contributed by atoms with Gasteiger partial charge in [0, 0.05) is 11.1 Å². The lowest BCUT2D eigenvalue weighted by Crippen LogP contribution is -2.22. The number of hydrogen-bond acceptors (Lipinski definition) is 1. The molecule has 102 valence electrons. The summed E-state index contributed by atoms with van der Waals surface area (Å²) in [6.07, 6.45) is 4.27. The van der Waals surface area contributed by atoms with Gasteiger partial charge in [0.15, 0.2) is 0 Å². The third-order valence-corrected chi connectivity index (χ3v) is 6.13.